The first-order valence-corrected chi connectivity index (χ1v) is 12.0. The number of fused-ring (bicyclic) bond motifs is 1. The van der Waals surface area contributed by atoms with Gasteiger partial charge in [0.05, 0.1) is 12.0 Å². The van der Waals surface area contributed by atoms with Crippen LogP contribution in [0.15, 0.2) is 45.4 Å². The number of pyridine rings is 1. The molecule has 0 radical (unpaired) electrons. The molecule has 42 heavy (non-hydrogen) atoms. The summed E-state index contributed by atoms with van der Waals surface area (Å²) >= 11 is 0.476. The van der Waals surface area contributed by atoms with E-state index in [0.29, 0.717) is 17.4 Å². The van der Waals surface area contributed by atoms with Gasteiger partial charge in [0.15, 0.2) is 11.5 Å². The van der Waals surface area contributed by atoms with E-state index >= 15 is 0 Å². The molecule has 0 bridgehead atoms. The Morgan fingerprint density at radius 3 is 2.26 bits per heavy atom. The van der Waals surface area contributed by atoms with Crippen molar-refractivity contribution in [2.75, 3.05) is 5.32 Å². The normalized spacial score (nSPS) is 11.7. The van der Waals surface area contributed by atoms with Gasteiger partial charge < -0.3 is 24.6 Å². The summed E-state index contributed by atoms with van der Waals surface area (Å²) in [5.74, 6) is -15.9. The maximum atomic E-state index is 13.9. The summed E-state index contributed by atoms with van der Waals surface area (Å²) in [6.45, 7) is -0.883. The number of rotatable bonds is 7. The molecule has 0 spiro atoms. The van der Waals surface area contributed by atoms with Crippen molar-refractivity contribution < 1.29 is 58.3 Å². The molecule has 0 aliphatic carbocycles. The van der Waals surface area contributed by atoms with Gasteiger partial charge in [0.2, 0.25) is 29.1 Å². The molecule has 0 aliphatic heterocycles. The zero-order valence-corrected chi connectivity index (χ0v) is 21.0. The van der Waals surface area contributed by atoms with E-state index in [1.165, 1.54) is 18.4 Å². The van der Waals surface area contributed by atoms with E-state index < -0.39 is 70.9 Å². The number of amides is 2. The van der Waals surface area contributed by atoms with Crippen LogP contribution in [-0.2, 0) is 12.8 Å². The van der Waals surface area contributed by atoms with E-state index in [-0.39, 0.29) is 37.9 Å². The van der Waals surface area contributed by atoms with Crippen molar-refractivity contribution in [1.82, 2.24) is 4.98 Å². The number of aromatic nitrogens is 1. The van der Waals surface area contributed by atoms with Gasteiger partial charge in [-0.3, -0.25) is 9.59 Å². The van der Waals surface area contributed by atoms with Crippen molar-refractivity contribution in [2.45, 2.75) is 12.8 Å². The summed E-state index contributed by atoms with van der Waals surface area (Å²) in [7, 11) is 0. The number of nitrogens with two attached hydrogens (primary N) is 1. The summed E-state index contributed by atoms with van der Waals surface area (Å²) in [5, 5.41) is 2.23. The van der Waals surface area contributed by atoms with Gasteiger partial charge in [-0.15, -0.1) is 11.3 Å². The molecule has 0 fully saturated rings. The molecule has 17 heteroatoms. The van der Waals surface area contributed by atoms with Crippen LogP contribution >= 0.6 is 11.3 Å². The Bertz CT molecular complexity index is 1840. The highest BCUT2D eigenvalue weighted by Crippen LogP contribution is 2.44. The average Bonchev–Trinajstić information content (AvgIpc) is 3.70. The van der Waals surface area contributed by atoms with Crippen molar-refractivity contribution >= 4 is 39.1 Å². The van der Waals surface area contributed by atoms with Crippen LogP contribution in [0.25, 0.3) is 21.5 Å². The minimum Gasteiger partial charge on any atom is -0.479 e. The standard InChI is InChI=1S/C25H11F8N3O5S/c26-14-15(27)17(29)20(18(30)16(14)28)40-7-8-3-4-11(41-8)23(38)36-19-13-9(10-2-1-5-39-10)6-12(25(31,32)33)35-24(13)42-21(19)22(34)37/h1-6H,7H2,(H2,34,37)(H,36,38). The quantitative estimate of drug-likeness (QED) is 0.118. The summed E-state index contributed by atoms with van der Waals surface area (Å²) in [5.41, 5.74) is 3.62. The molecule has 8 nitrogen and oxygen atoms in total. The summed E-state index contributed by atoms with van der Waals surface area (Å²) in [6.07, 6.45) is -3.69. The maximum absolute atomic E-state index is 13.9. The van der Waals surface area contributed by atoms with Crippen LogP contribution in [0.5, 0.6) is 5.75 Å². The Morgan fingerprint density at radius 1 is 1.00 bits per heavy atom. The predicted octanol–water partition coefficient (Wildman–Crippen LogP) is 6.79. The highest BCUT2D eigenvalue weighted by Gasteiger charge is 2.35. The third-order valence-electron chi connectivity index (χ3n) is 5.62. The SMILES string of the molecule is NC(=O)c1sc2nc(C(F)(F)F)cc(-c3ccco3)c2c1NC(=O)c1ccc(COc2c(F)c(F)c(F)c(F)c2F)o1. The summed E-state index contributed by atoms with van der Waals surface area (Å²) in [4.78, 5) is 28.1. The number of alkyl halides is 3. The summed E-state index contributed by atoms with van der Waals surface area (Å²) in [6, 6.07) is 5.51. The minimum absolute atomic E-state index is 0.0530. The molecule has 3 N–H and O–H groups in total. The van der Waals surface area contributed by atoms with E-state index in [1.807, 2.05) is 0 Å². The average molecular weight is 617 g/mol. The van der Waals surface area contributed by atoms with Crippen LogP contribution < -0.4 is 15.8 Å². The molecule has 0 aliphatic rings. The van der Waals surface area contributed by atoms with E-state index in [1.54, 1.807) is 0 Å². The van der Waals surface area contributed by atoms with Crippen molar-refractivity contribution in [2.24, 2.45) is 5.73 Å². The van der Waals surface area contributed by atoms with Gasteiger partial charge in [-0.2, -0.15) is 22.0 Å². The van der Waals surface area contributed by atoms with Crippen molar-refractivity contribution in [3.63, 3.8) is 0 Å². The lowest BCUT2D eigenvalue weighted by atomic mass is 10.1. The molecule has 5 rings (SSSR count). The number of thiophene rings is 1. The number of hydrogen-bond donors (Lipinski definition) is 2. The number of carbonyl (C=O) groups is 2. The molecule has 5 aromatic rings. The molecule has 4 heterocycles. The summed E-state index contributed by atoms with van der Waals surface area (Å²) < 4.78 is 124. The lowest BCUT2D eigenvalue weighted by Gasteiger charge is -2.10. The lowest BCUT2D eigenvalue weighted by molar-refractivity contribution is -0.140. The van der Waals surface area contributed by atoms with Crippen LogP contribution in [-0.4, -0.2) is 16.8 Å². The number of carbonyl (C=O) groups excluding carboxylic acids is 2. The second-order valence-corrected chi connectivity index (χ2v) is 9.29. The fraction of sp³-hybridized carbons (Fsp3) is 0.0800. The van der Waals surface area contributed by atoms with E-state index in [0.717, 1.165) is 12.1 Å². The van der Waals surface area contributed by atoms with Gasteiger partial charge in [0.1, 0.15) is 33.5 Å². The molecule has 218 valence electrons. The van der Waals surface area contributed by atoms with E-state index in [9.17, 15) is 44.7 Å². The number of furan rings is 2. The Labute approximate surface area is 231 Å². The first kappa shape index (κ1) is 28.6. The van der Waals surface area contributed by atoms with Gasteiger partial charge >= 0.3 is 6.18 Å². The fourth-order valence-electron chi connectivity index (χ4n) is 3.77. The first-order chi connectivity index (χ1) is 19.8. The minimum atomic E-state index is -4.88. The molecule has 0 saturated heterocycles. The topological polar surface area (TPSA) is 121 Å². The zero-order chi connectivity index (χ0) is 30.5. The molecular formula is C25H11F8N3O5S. The number of hydrogen-bond acceptors (Lipinski definition) is 7. The van der Waals surface area contributed by atoms with Gasteiger partial charge in [-0.05, 0) is 30.3 Å². The van der Waals surface area contributed by atoms with Crippen LogP contribution in [0.4, 0.5) is 40.8 Å². The van der Waals surface area contributed by atoms with Crippen molar-refractivity contribution in [3.05, 3.63) is 87.8 Å². The van der Waals surface area contributed by atoms with Gasteiger partial charge in [-0.1, -0.05) is 0 Å². The molecular weight excluding hydrogens is 606 g/mol. The van der Waals surface area contributed by atoms with Crippen molar-refractivity contribution in [1.29, 1.82) is 0 Å². The number of nitrogens with zero attached hydrogens (tertiary/aromatic N) is 1. The van der Waals surface area contributed by atoms with E-state index in [4.69, 9.17) is 14.6 Å². The van der Waals surface area contributed by atoms with Gasteiger partial charge in [0, 0.05) is 10.9 Å². The monoisotopic (exact) mass is 617 g/mol. The lowest BCUT2D eigenvalue weighted by Crippen LogP contribution is -2.16. The third kappa shape index (κ3) is 5.02. The molecule has 4 aromatic heterocycles. The van der Waals surface area contributed by atoms with E-state index in [2.05, 4.69) is 15.0 Å². The molecule has 1 aromatic carbocycles. The number of benzene rings is 1. The predicted molar refractivity (Wildman–Crippen MR) is 128 cm³/mol. The highest BCUT2D eigenvalue weighted by atomic mass is 32.1. The second kappa shape index (κ2) is 10.5. The Morgan fingerprint density at radius 2 is 1.67 bits per heavy atom. The van der Waals surface area contributed by atoms with Crippen molar-refractivity contribution in [3.8, 4) is 17.1 Å². The Kier molecular flexibility index (Phi) is 7.13. The van der Waals surface area contributed by atoms with Crippen LogP contribution in [0.3, 0.4) is 0 Å². The van der Waals surface area contributed by atoms with Crippen LogP contribution in [0.2, 0.25) is 0 Å². The Hall–Kier alpha value is -4.93. The number of primary amides is 1. The molecule has 0 saturated carbocycles. The van der Waals surface area contributed by atoms with Crippen LogP contribution in [0.1, 0.15) is 31.7 Å². The number of ether oxygens (including phenoxy) is 1. The largest absolute Gasteiger partial charge is 0.479 e. The third-order valence-corrected chi connectivity index (χ3v) is 6.71. The molecule has 0 unspecified atom stereocenters. The van der Waals surface area contributed by atoms with Gasteiger partial charge in [-0.25, -0.2) is 18.2 Å². The second-order valence-electron chi connectivity index (χ2n) is 8.29. The maximum Gasteiger partial charge on any atom is 0.433 e. The number of halogens is 8. The smallest absolute Gasteiger partial charge is 0.433 e. The molecule has 0 atom stereocenters. The highest BCUT2D eigenvalue weighted by molar-refractivity contribution is 7.21. The molecule has 2 amide bonds. The fourth-order valence-corrected chi connectivity index (χ4v) is 4.78. The van der Waals surface area contributed by atoms with Crippen LogP contribution in [0, 0.1) is 29.1 Å². The number of anilines is 1. The number of nitrogens with one attached hydrogen (secondary N) is 1. The van der Waals surface area contributed by atoms with Gasteiger partial charge in [0.25, 0.3) is 11.8 Å². The first-order valence-electron chi connectivity index (χ1n) is 11.2. The Balaban J connectivity index is 1.48. The zero-order valence-electron chi connectivity index (χ0n) is 20.2.